The molecule has 1 fully saturated rings. The maximum absolute atomic E-state index is 5.75. The third-order valence-corrected chi connectivity index (χ3v) is 7.78. The van der Waals surface area contributed by atoms with E-state index in [9.17, 15) is 0 Å². The molecule has 1 unspecified atom stereocenters. The molecule has 0 saturated heterocycles. The topological polar surface area (TPSA) is 9.23 Å². The van der Waals surface area contributed by atoms with Gasteiger partial charge in [0.1, 0.15) is 5.75 Å². The van der Waals surface area contributed by atoms with Crippen LogP contribution >= 0.6 is 0 Å². The molecule has 2 aliphatic carbocycles. The summed E-state index contributed by atoms with van der Waals surface area (Å²) in [6, 6.07) is 15.7. The van der Waals surface area contributed by atoms with E-state index in [1.807, 2.05) is 6.08 Å². The monoisotopic (exact) mass is 416 g/mol. The molecule has 4 rings (SSSR count). The molecule has 2 aromatic rings. The summed E-state index contributed by atoms with van der Waals surface area (Å²) < 4.78 is 5.75. The summed E-state index contributed by atoms with van der Waals surface area (Å²) >= 11 is 0. The first-order valence-corrected chi connectivity index (χ1v) is 12.7. The lowest BCUT2D eigenvalue weighted by molar-refractivity contribution is 0.183. The van der Waals surface area contributed by atoms with E-state index in [1.54, 1.807) is 11.1 Å². The largest absolute Gasteiger partial charge is 0.493 e. The van der Waals surface area contributed by atoms with Crippen LogP contribution in [0.15, 0.2) is 55.1 Å². The maximum Gasteiger partial charge on any atom is 0.119 e. The lowest BCUT2D eigenvalue weighted by Gasteiger charge is -2.36. The van der Waals surface area contributed by atoms with E-state index in [0.717, 1.165) is 29.9 Å². The molecular formula is C30H40O. The molecular weight excluding hydrogens is 376 g/mol. The summed E-state index contributed by atoms with van der Waals surface area (Å²) in [7, 11) is 0. The Kier molecular flexibility index (Phi) is 7.89. The third-order valence-electron chi connectivity index (χ3n) is 7.78. The van der Waals surface area contributed by atoms with E-state index in [4.69, 9.17) is 4.74 Å². The molecule has 0 heterocycles. The second-order valence-electron chi connectivity index (χ2n) is 9.86. The minimum Gasteiger partial charge on any atom is -0.493 e. The molecule has 0 aromatic heterocycles. The van der Waals surface area contributed by atoms with Gasteiger partial charge in [-0.15, -0.1) is 6.58 Å². The number of hydrogen-bond acceptors (Lipinski definition) is 1. The summed E-state index contributed by atoms with van der Waals surface area (Å²) in [6.07, 6.45) is 16.9. The highest BCUT2D eigenvalue weighted by molar-refractivity contribution is 5.66. The van der Waals surface area contributed by atoms with Crippen molar-refractivity contribution in [2.24, 2.45) is 17.8 Å². The van der Waals surface area contributed by atoms with Gasteiger partial charge in [-0.05, 0) is 90.7 Å². The smallest absolute Gasteiger partial charge is 0.119 e. The van der Waals surface area contributed by atoms with E-state index in [0.29, 0.717) is 6.61 Å². The van der Waals surface area contributed by atoms with Crippen molar-refractivity contribution < 1.29 is 4.74 Å². The first-order valence-electron chi connectivity index (χ1n) is 12.7. The molecule has 166 valence electrons. The van der Waals surface area contributed by atoms with Crippen LogP contribution in [0.4, 0.5) is 0 Å². The highest BCUT2D eigenvalue weighted by atomic mass is 16.5. The van der Waals surface area contributed by atoms with Crippen LogP contribution in [0.1, 0.15) is 75.8 Å². The zero-order valence-electron chi connectivity index (χ0n) is 19.5. The fourth-order valence-electron chi connectivity index (χ4n) is 5.81. The Morgan fingerprint density at radius 1 is 0.903 bits per heavy atom. The van der Waals surface area contributed by atoms with Crippen LogP contribution in [0, 0.1) is 17.8 Å². The molecule has 1 heteroatoms. The predicted octanol–water partition coefficient (Wildman–Crippen LogP) is 8.41. The number of hydrogen-bond donors (Lipinski definition) is 0. The minimum absolute atomic E-state index is 0.698. The van der Waals surface area contributed by atoms with Crippen molar-refractivity contribution >= 4 is 0 Å². The lowest BCUT2D eigenvalue weighted by Crippen LogP contribution is -2.26. The first-order chi connectivity index (χ1) is 15.3. The van der Waals surface area contributed by atoms with Gasteiger partial charge in [-0.1, -0.05) is 75.4 Å². The normalized spacial score (nSPS) is 23.2. The Hall–Kier alpha value is -2.02. The molecule has 1 nitrogen and oxygen atoms in total. The average molecular weight is 417 g/mol. The van der Waals surface area contributed by atoms with Crippen LogP contribution in [0.5, 0.6) is 5.75 Å². The van der Waals surface area contributed by atoms with Crippen LogP contribution in [0.2, 0.25) is 0 Å². The third kappa shape index (κ3) is 5.82. The Bertz CT molecular complexity index is 826. The molecule has 2 aliphatic rings. The van der Waals surface area contributed by atoms with Crippen LogP contribution in [-0.2, 0) is 12.8 Å². The van der Waals surface area contributed by atoms with Crippen LogP contribution in [0.25, 0.3) is 11.1 Å². The van der Waals surface area contributed by atoms with Crippen molar-refractivity contribution in [2.45, 2.75) is 77.6 Å². The lowest BCUT2D eigenvalue weighted by atomic mass is 9.69. The van der Waals surface area contributed by atoms with Gasteiger partial charge in [0.2, 0.25) is 0 Å². The van der Waals surface area contributed by atoms with Crippen molar-refractivity contribution in [1.29, 1.82) is 0 Å². The summed E-state index contributed by atoms with van der Waals surface area (Å²) in [5.41, 5.74) is 5.81. The molecule has 31 heavy (non-hydrogen) atoms. The van der Waals surface area contributed by atoms with Crippen molar-refractivity contribution in [3.63, 3.8) is 0 Å². The zero-order chi connectivity index (χ0) is 21.5. The first kappa shape index (κ1) is 22.2. The number of rotatable bonds is 9. The summed E-state index contributed by atoms with van der Waals surface area (Å²) in [5, 5.41) is 0. The van der Waals surface area contributed by atoms with Gasteiger partial charge in [-0.3, -0.25) is 0 Å². The second-order valence-corrected chi connectivity index (χ2v) is 9.86. The highest BCUT2D eigenvalue weighted by Crippen LogP contribution is 2.41. The molecule has 0 N–H and O–H groups in total. The SMILES string of the molecule is C=CCCOc1ccc(-c2ccc3c(c2)CCC(C2CCC(CCCC)CC2)C3)cc1. The van der Waals surface area contributed by atoms with Crippen molar-refractivity contribution in [3.05, 3.63) is 66.2 Å². The van der Waals surface area contributed by atoms with E-state index in [-0.39, 0.29) is 0 Å². The number of unbranched alkanes of at least 4 members (excludes halogenated alkanes) is 1. The van der Waals surface area contributed by atoms with Gasteiger partial charge in [0, 0.05) is 0 Å². The number of fused-ring (bicyclic) bond motifs is 1. The molecule has 0 aliphatic heterocycles. The maximum atomic E-state index is 5.75. The van der Waals surface area contributed by atoms with E-state index in [1.165, 1.54) is 75.3 Å². The Labute approximate surface area is 189 Å². The zero-order valence-corrected chi connectivity index (χ0v) is 19.5. The van der Waals surface area contributed by atoms with Gasteiger partial charge in [0.15, 0.2) is 0 Å². The van der Waals surface area contributed by atoms with Gasteiger partial charge in [-0.25, -0.2) is 0 Å². The van der Waals surface area contributed by atoms with Gasteiger partial charge < -0.3 is 4.74 Å². The van der Waals surface area contributed by atoms with Gasteiger partial charge in [0.05, 0.1) is 6.61 Å². The fraction of sp³-hybridized carbons (Fsp3) is 0.533. The van der Waals surface area contributed by atoms with E-state index < -0.39 is 0 Å². The Balaban J connectivity index is 1.34. The highest BCUT2D eigenvalue weighted by Gasteiger charge is 2.30. The van der Waals surface area contributed by atoms with Crippen molar-refractivity contribution in [2.75, 3.05) is 6.61 Å². The van der Waals surface area contributed by atoms with E-state index >= 15 is 0 Å². The molecule has 1 saturated carbocycles. The Morgan fingerprint density at radius 3 is 2.42 bits per heavy atom. The number of aryl methyl sites for hydroxylation is 1. The van der Waals surface area contributed by atoms with Crippen LogP contribution in [0.3, 0.4) is 0 Å². The average Bonchev–Trinajstić information content (AvgIpc) is 2.83. The Morgan fingerprint density at radius 2 is 1.68 bits per heavy atom. The van der Waals surface area contributed by atoms with Crippen molar-refractivity contribution in [1.82, 2.24) is 0 Å². The van der Waals surface area contributed by atoms with Crippen LogP contribution < -0.4 is 4.74 Å². The van der Waals surface area contributed by atoms with E-state index in [2.05, 4.69) is 56.0 Å². The minimum atomic E-state index is 0.698. The number of benzene rings is 2. The standard InChI is InChI=1S/C30H40O/c1-3-5-7-23-8-10-24(11-9-23)26-12-14-29-22-27(13-15-28(29)21-26)25-16-18-30(19-17-25)31-20-6-4-2/h4,13,15-19,22-24,26H,2-3,5-12,14,20-21H2,1H3. The van der Waals surface area contributed by atoms with Crippen molar-refractivity contribution in [3.8, 4) is 16.9 Å². The molecule has 0 bridgehead atoms. The quantitative estimate of drug-likeness (QED) is 0.294. The summed E-state index contributed by atoms with van der Waals surface area (Å²) in [6.45, 7) is 6.77. The molecule has 0 spiro atoms. The summed E-state index contributed by atoms with van der Waals surface area (Å²) in [4.78, 5) is 0. The molecule has 2 aromatic carbocycles. The molecule has 0 amide bonds. The van der Waals surface area contributed by atoms with Crippen LogP contribution in [-0.4, -0.2) is 6.61 Å². The summed E-state index contributed by atoms with van der Waals surface area (Å²) in [5.74, 6) is 3.85. The van der Waals surface area contributed by atoms with Gasteiger partial charge >= 0.3 is 0 Å². The van der Waals surface area contributed by atoms with Gasteiger partial charge in [0.25, 0.3) is 0 Å². The predicted molar refractivity (Wildman–Crippen MR) is 133 cm³/mol. The molecule has 0 radical (unpaired) electrons. The second kappa shape index (κ2) is 11.0. The molecule has 1 atom stereocenters. The van der Waals surface area contributed by atoms with Gasteiger partial charge in [-0.2, -0.15) is 0 Å². The fourth-order valence-corrected chi connectivity index (χ4v) is 5.81. The number of ether oxygens (including phenoxy) is 1.